The van der Waals surface area contributed by atoms with E-state index in [1.807, 2.05) is 6.07 Å². The third kappa shape index (κ3) is 5.92. The molecule has 1 aromatic rings. The van der Waals surface area contributed by atoms with Crippen molar-refractivity contribution in [2.24, 2.45) is 11.3 Å². The molecule has 0 saturated carbocycles. The normalized spacial score (nSPS) is 14.6. The fourth-order valence-electron chi connectivity index (χ4n) is 2.64. The van der Waals surface area contributed by atoms with Crippen LogP contribution in [0.5, 0.6) is 0 Å². The summed E-state index contributed by atoms with van der Waals surface area (Å²) in [5.74, 6) is 0.544. The lowest BCUT2D eigenvalue weighted by Gasteiger charge is -2.30. The number of nitrogens with one attached hydrogen (secondary N) is 1. The first-order chi connectivity index (χ1) is 9.36. The van der Waals surface area contributed by atoms with E-state index in [2.05, 4.69) is 48.9 Å². The maximum absolute atomic E-state index is 13.9. The topological polar surface area (TPSA) is 12.0 Å². The van der Waals surface area contributed by atoms with E-state index in [1.54, 1.807) is 12.1 Å². The number of rotatable bonds is 8. The van der Waals surface area contributed by atoms with Crippen LogP contribution in [0.15, 0.2) is 22.7 Å². The van der Waals surface area contributed by atoms with Crippen LogP contribution in [0.2, 0.25) is 0 Å². The predicted octanol–water partition coefficient (Wildman–Crippen LogP) is 5.18. The molecule has 0 bridgehead atoms. The molecule has 0 aliphatic heterocycles. The SMILES string of the molecule is CCCC(C)(CNCC(C)C)Cc1cc(Br)ccc1F. The molecule has 0 fully saturated rings. The minimum atomic E-state index is -0.0978. The molecule has 0 spiro atoms. The minimum Gasteiger partial charge on any atom is -0.316 e. The Morgan fingerprint density at radius 3 is 2.65 bits per heavy atom. The van der Waals surface area contributed by atoms with E-state index in [9.17, 15) is 4.39 Å². The summed E-state index contributed by atoms with van der Waals surface area (Å²) in [5.41, 5.74) is 0.910. The first kappa shape index (κ1) is 17.6. The molecular formula is C17H27BrFN. The van der Waals surface area contributed by atoms with Gasteiger partial charge in [0.1, 0.15) is 5.82 Å². The van der Waals surface area contributed by atoms with E-state index in [0.29, 0.717) is 5.92 Å². The van der Waals surface area contributed by atoms with E-state index in [1.165, 1.54) is 0 Å². The van der Waals surface area contributed by atoms with Gasteiger partial charge in [-0.1, -0.05) is 50.0 Å². The van der Waals surface area contributed by atoms with Gasteiger partial charge in [0.25, 0.3) is 0 Å². The standard InChI is InChI=1S/C17H27BrFN/c1-5-8-17(4,12-20-11-13(2)3)10-14-9-15(18)6-7-16(14)19/h6-7,9,13,20H,5,8,10-12H2,1-4H3. The highest BCUT2D eigenvalue weighted by Gasteiger charge is 2.25. The lowest BCUT2D eigenvalue weighted by Crippen LogP contribution is -2.35. The molecule has 20 heavy (non-hydrogen) atoms. The Morgan fingerprint density at radius 1 is 1.35 bits per heavy atom. The van der Waals surface area contributed by atoms with Crippen molar-refractivity contribution in [2.75, 3.05) is 13.1 Å². The van der Waals surface area contributed by atoms with Gasteiger partial charge in [-0.15, -0.1) is 0 Å². The number of hydrogen-bond donors (Lipinski definition) is 1. The van der Waals surface area contributed by atoms with Crippen LogP contribution < -0.4 is 5.32 Å². The summed E-state index contributed by atoms with van der Waals surface area (Å²) in [5, 5.41) is 3.53. The summed E-state index contributed by atoms with van der Waals surface area (Å²) >= 11 is 3.43. The van der Waals surface area contributed by atoms with Gasteiger partial charge >= 0.3 is 0 Å². The Morgan fingerprint density at radius 2 is 2.05 bits per heavy atom. The zero-order valence-corrected chi connectivity index (χ0v) is 14.7. The monoisotopic (exact) mass is 343 g/mol. The number of benzene rings is 1. The van der Waals surface area contributed by atoms with Crippen LogP contribution in [0.4, 0.5) is 4.39 Å². The van der Waals surface area contributed by atoms with Gasteiger partial charge in [0.15, 0.2) is 0 Å². The van der Waals surface area contributed by atoms with Crippen molar-refractivity contribution in [1.82, 2.24) is 5.32 Å². The maximum atomic E-state index is 13.9. The molecule has 0 amide bonds. The first-order valence-corrected chi connectivity index (χ1v) is 8.30. The zero-order valence-electron chi connectivity index (χ0n) is 13.1. The highest BCUT2D eigenvalue weighted by molar-refractivity contribution is 9.10. The first-order valence-electron chi connectivity index (χ1n) is 7.51. The molecule has 1 atom stereocenters. The lowest BCUT2D eigenvalue weighted by molar-refractivity contribution is 0.268. The molecule has 0 heterocycles. The Kier molecular flexibility index (Phi) is 7.18. The molecule has 0 aromatic heterocycles. The van der Waals surface area contributed by atoms with Gasteiger partial charge in [-0.25, -0.2) is 4.39 Å². The quantitative estimate of drug-likeness (QED) is 0.685. The fourth-order valence-corrected chi connectivity index (χ4v) is 3.05. The molecule has 1 N–H and O–H groups in total. The molecule has 3 heteroatoms. The van der Waals surface area contributed by atoms with Crippen molar-refractivity contribution < 1.29 is 4.39 Å². The van der Waals surface area contributed by atoms with Gasteiger partial charge in [0.05, 0.1) is 0 Å². The smallest absolute Gasteiger partial charge is 0.126 e. The van der Waals surface area contributed by atoms with Crippen LogP contribution in [-0.4, -0.2) is 13.1 Å². The third-order valence-electron chi connectivity index (χ3n) is 3.58. The second kappa shape index (κ2) is 8.14. The second-order valence-corrected chi connectivity index (χ2v) is 7.41. The lowest BCUT2D eigenvalue weighted by atomic mass is 9.79. The summed E-state index contributed by atoms with van der Waals surface area (Å²) in [6.45, 7) is 10.8. The summed E-state index contributed by atoms with van der Waals surface area (Å²) < 4.78 is 14.9. The third-order valence-corrected chi connectivity index (χ3v) is 4.08. The highest BCUT2D eigenvalue weighted by atomic mass is 79.9. The Labute approximate surface area is 131 Å². The average molecular weight is 344 g/mol. The van der Waals surface area contributed by atoms with Crippen LogP contribution in [0, 0.1) is 17.2 Å². The Bertz CT molecular complexity index is 419. The molecule has 0 saturated heterocycles. The molecule has 1 aromatic carbocycles. The summed E-state index contributed by atoms with van der Waals surface area (Å²) in [7, 11) is 0. The van der Waals surface area contributed by atoms with Gasteiger partial charge in [-0.05, 0) is 54.5 Å². The van der Waals surface area contributed by atoms with Crippen molar-refractivity contribution >= 4 is 15.9 Å². The van der Waals surface area contributed by atoms with Crippen LogP contribution in [0.25, 0.3) is 0 Å². The Hall–Kier alpha value is -0.410. The molecule has 1 nitrogen and oxygen atoms in total. The van der Waals surface area contributed by atoms with Crippen molar-refractivity contribution in [3.05, 3.63) is 34.1 Å². The van der Waals surface area contributed by atoms with Gasteiger partial charge in [-0.3, -0.25) is 0 Å². The zero-order chi connectivity index (χ0) is 15.2. The number of hydrogen-bond acceptors (Lipinski definition) is 1. The Balaban J connectivity index is 2.76. The largest absolute Gasteiger partial charge is 0.316 e. The summed E-state index contributed by atoms with van der Waals surface area (Å²) in [4.78, 5) is 0. The van der Waals surface area contributed by atoms with Crippen molar-refractivity contribution in [3.8, 4) is 0 Å². The summed E-state index contributed by atoms with van der Waals surface area (Å²) in [6, 6.07) is 5.21. The van der Waals surface area contributed by atoms with Gasteiger partial charge in [0.2, 0.25) is 0 Å². The average Bonchev–Trinajstić information content (AvgIpc) is 2.33. The van der Waals surface area contributed by atoms with E-state index < -0.39 is 0 Å². The second-order valence-electron chi connectivity index (χ2n) is 6.50. The molecule has 114 valence electrons. The van der Waals surface area contributed by atoms with E-state index in [0.717, 1.165) is 42.4 Å². The number of halogens is 2. The van der Waals surface area contributed by atoms with Crippen LogP contribution in [-0.2, 0) is 6.42 Å². The van der Waals surface area contributed by atoms with E-state index in [-0.39, 0.29) is 11.2 Å². The van der Waals surface area contributed by atoms with Gasteiger partial charge < -0.3 is 5.32 Å². The predicted molar refractivity (Wildman–Crippen MR) is 88.5 cm³/mol. The molecular weight excluding hydrogens is 317 g/mol. The van der Waals surface area contributed by atoms with Crippen molar-refractivity contribution in [2.45, 2.75) is 47.0 Å². The van der Waals surface area contributed by atoms with Crippen LogP contribution in [0.1, 0.15) is 46.1 Å². The van der Waals surface area contributed by atoms with Crippen molar-refractivity contribution in [1.29, 1.82) is 0 Å². The maximum Gasteiger partial charge on any atom is 0.126 e. The molecule has 1 rings (SSSR count). The minimum absolute atomic E-state index is 0.0978. The van der Waals surface area contributed by atoms with Crippen LogP contribution >= 0.6 is 15.9 Å². The van der Waals surface area contributed by atoms with E-state index >= 15 is 0 Å². The van der Waals surface area contributed by atoms with Gasteiger partial charge in [0, 0.05) is 11.0 Å². The summed E-state index contributed by atoms with van der Waals surface area (Å²) in [6.07, 6.45) is 3.00. The molecule has 0 aliphatic carbocycles. The van der Waals surface area contributed by atoms with Crippen molar-refractivity contribution in [3.63, 3.8) is 0 Å². The van der Waals surface area contributed by atoms with Crippen LogP contribution in [0.3, 0.4) is 0 Å². The molecule has 0 aliphatic rings. The molecule has 1 unspecified atom stereocenters. The fraction of sp³-hybridized carbons (Fsp3) is 0.647. The van der Waals surface area contributed by atoms with Gasteiger partial charge in [-0.2, -0.15) is 0 Å². The molecule has 0 radical (unpaired) electrons. The highest BCUT2D eigenvalue weighted by Crippen LogP contribution is 2.30. The van der Waals surface area contributed by atoms with E-state index in [4.69, 9.17) is 0 Å².